The number of hydrogen-bond donors (Lipinski definition) is 2. The molecule has 0 radical (unpaired) electrons. The third-order valence-electron chi connectivity index (χ3n) is 17.1. The van der Waals surface area contributed by atoms with E-state index in [9.17, 15) is 0 Å². The Bertz CT molecular complexity index is 1790. The van der Waals surface area contributed by atoms with Crippen LogP contribution in [0.4, 0.5) is 0 Å². The fourth-order valence-corrected chi connectivity index (χ4v) is 15.2. The van der Waals surface area contributed by atoms with Gasteiger partial charge < -0.3 is 15.4 Å². The van der Waals surface area contributed by atoms with E-state index < -0.39 is 0 Å². The summed E-state index contributed by atoms with van der Waals surface area (Å²) in [6.45, 7) is 2.14. The van der Waals surface area contributed by atoms with Crippen LogP contribution in [-0.2, 0) is 4.74 Å². The smallest absolute Gasteiger partial charge is 0.0828 e. The molecule has 10 unspecified atom stereocenters. The highest BCUT2D eigenvalue weighted by atomic mass is 32.2. The van der Waals surface area contributed by atoms with Crippen molar-refractivity contribution in [1.82, 2.24) is 10.6 Å². The number of thioether (sulfide) groups is 1. The SMILES string of the molecule is C.C.C.C.C1=CC2CCC1C2.C1=CC2CCCC1N2.c1ccc2c(c1)C1CCC2CC1.c1ccc2c(c1)C1CCC2NC1.c1ccc2c(c1)C1CCC2OC1.c1ccc2c(c1)C1CCC2SC1. The summed E-state index contributed by atoms with van der Waals surface area (Å²) in [6.07, 6.45) is 32.2. The summed E-state index contributed by atoms with van der Waals surface area (Å²) in [7, 11) is 0. The lowest BCUT2D eigenvalue weighted by Crippen LogP contribution is -2.38. The fourth-order valence-electron chi connectivity index (χ4n) is 13.7. The number of rotatable bonds is 0. The van der Waals surface area contributed by atoms with E-state index in [-0.39, 0.29) is 29.7 Å². The minimum Gasteiger partial charge on any atom is -0.373 e. The number of piperidine rings is 2. The van der Waals surface area contributed by atoms with Crippen molar-refractivity contribution in [3.8, 4) is 0 Å². The molecule has 8 aliphatic carbocycles. The van der Waals surface area contributed by atoms with Gasteiger partial charge in [-0.3, -0.25) is 0 Å². The Morgan fingerprint density at radius 3 is 1.31 bits per heavy atom. The van der Waals surface area contributed by atoms with Crippen LogP contribution < -0.4 is 10.6 Å². The Morgan fingerprint density at radius 1 is 0.418 bits per heavy atom. The second-order valence-corrected chi connectivity index (χ2v) is 22.1. The second-order valence-electron chi connectivity index (χ2n) is 20.9. The molecule has 4 aromatic rings. The molecule has 4 saturated heterocycles. The van der Waals surface area contributed by atoms with Crippen LogP contribution in [0.2, 0.25) is 0 Å². The molecule has 0 aromatic heterocycles. The molecular formula is C63H88N2OS. The van der Waals surface area contributed by atoms with Crippen molar-refractivity contribution in [3.05, 3.63) is 166 Å². The van der Waals surface area contributed by atoms with Gasteiger partial charge in [-0.2, -0.15) is 11.8 Å². The summed E-state index contributed by atoms with van der Waals surface area (Å²) in [5, 5.41) is 7.88. The Kier molecular flexibility index (Phi) is 18.4. The van der Waals surface area contributed by atoms with Crippen LogP contribution >= 0.6 is 11.8 Å². The third kappa shape index (κ3) is 11.5. The first kappa shape index (κ1) is 51.4. The zero-order valence-corrected chi connectivity index (χ0v) is 38.5. The van der Waals surface area contributed by atoms with Crippen LogP contribution in [0.5, 0.6) is 0 Å². The minimum absolute atomic E-state index is 0. The van der Waals surface area contributed by atoms with Gasteiger partial charge in [-0.15, -0.1) is 0 Å². The molecule has 4 heteroatoms. The van der Waals surface area contributed by atoms with E-state index in [1.807, 2.05) is 0 Å². The topological polar surface area (TPSA) is 33.3 Å². The van der Waals surface area contributed by atoms with Crippen molar-refractivity contribution in [2.75, 3.05) is 18.9 Å². The fraction of sp³-hybridized carbons (Fsp3) is 0.556. The second kappa shape index (κ2) is 23.9. The minimum atomic E-state index is 0. The van der Waals surface area contributed by atoms with Gasteiger partial charge in [-0.05, 0) is 183 Å². The molecule has 4 aromatic carbocycles. The summed E-state index contributed by atoms with van der Waals surface area (Å²) >= 11 is 2.16. The Morgan fingerprint density at radius 2 is 0.896 bits per heavy atom. The summed E-state index contributed by atoms with van der Waals surface area (Å²) in [5.74, 6) is 7.52. The average Bonchev–Trinajstić information content (AvgIpc) is 4.14. The van der Waals surface area contributed by atoms with E-state index in [1.54, 1.807) is 38.9 Å². The molecule has 20 rings (SSSR count). The van der Waals surface area contributed by atoms with Gasteiger partial charge in [-0.25, -0.2) is 0 Å². The number of nitrogens with one attached hydrogen (secondary N) is 2. The van der Waals surface area contributed by atoms with Crippen LogP contribution in [0.15, 0.2) is 121 Å². The van der Waals surface area contributed by atoms with E-state index >= 15 is 0 Å². The molecule has 0 spiro atoms. The van der Waals surface area contributed by atoms with E-state index in [2.05, 4.69) is 144 Å². The predicted molar refractivity (Wildman–Crippen MR) is 291 cm³/mol. The average molecular weight is 921 g/mol. The first-order valence-electron chi connectivity index (χ1n) is 25.6. The molecule has 0 amide bonds. The lowest BCUT2D eigenvalue weighted by atomic mass is 9.67. The summed E-state index contributed by atoms with van der Waals surface area (Å²) < 4.78 is 5.70. The quantitative estimate of drug-likeness (QED) is 0.172. The van der Waals surface area contributed by atoms with E-state index in [0.29, 0.717) is 18.1 Å². The molecule has 8 aliphatic heterocycles. The number of ether oxygens (including phenoxy) is 1. The monoisotopic (exact) mass is 921 g/mol. The molecule has 8 heterocycles. The predicted octanol–water partition coefficient (Wildman–Crippen LogP) is 17.2. The number of benzene rings is 4. The highest BCUT2D eigenvalue weighted by Gasteiger charge is 2.35. The van der Waals surface area contributed by atoms with E-state index in [1.165, 1.54) is 121 Å². The van der Waals surface area contributed by atoms with Crippen molar-refractivity contribution >= 4 is 11.8 Å². The third-order valence-corrected chi connectivity index (χ3v) is 18.6. The summed E-state index contributed by atoms with van der Waals surface area (Å²) in [5.41, 5.74) is 12.8. The van der Waals surface area contributed by atoms with Crippen molar-refractivity contribution < 1.29 is 4.74 Å². The maximum absolute atomic E-state index is 5.70. The molecule has 2 N–H and O–H groups in total. The molecule has 10 atom stereocenters. The van der Waals surface area contributed by atoms with Crippen LogP contribution in [0.25, 0.3) is 0 Å². The van der Waals surface area contributed by atoms with Gasteiger partial charge in [0.1, 0.15) is 0 Å². The molecule has 2 saturated carbocycles. The molecule has 6 fully saturated rings. The van der Waals surface area contributed by atoms with Gasteiger partial charge in [0, 0.05) is 41.6 Å². The zero-order chi connectivity index (χ0) is 42.0. The molecule has 12 bridgehead atoms. The highest BCUT2D eigenvalue weighted by molar-refractivity contribution is 7.99. The van der Waals surface area contributed by atoms with E-state index in [4.69, 9.17) is 4.74 Å². The van der Waals surface area contributed by atoms with Gasteiger partial charge in [0.05, 0.1) is 12.7 Å². The standard InChI is InChI=1S/C12H14.C11H13N.C11H12O.C11H12S.C7H11N.C7H10.4CH4/c1-2-4-12-10-7-5-9(6-8-10)11(12)3-1;3*1-2-4-10-9(3-1)8-5-6-11(10)12-7-8;1-2-6-4-5-7(3-1)8-6;1-2-7-4-3-6(1)5-7;;;;/h1-4,9-10H,5-8H2;1-4,8,11-12H,5-7H2;2*1-4,8,11H,5-7H2;4-8H,1-3H2;1-2,6-7H,3-5H2;4*1H4. The number of hydrogen-bond acceptors (Lipinski definition) is 4. The molecule has 16 aliphatic rings. The first-order chi connectivity index (χ1) is 31.2. The van der Waals surface area contributed by atoms with Gasteiger partial charge >= 0.3 is 0 Å². The summed E-state index contributed by atoms with van der Waals surface area (Å²) in [4.78, 5) is 0. The lowest BCUT2D eigenvalue weighted by Gasteiger charge is -2.39. The maximum atomic E-state index is 5.70. The normalized spacial score (nSPS) is 32.6. The molecule has 3 nitrogen and oxygen atoms in total. The van der Waals surface area contributed by atoms with Crippen molar-refractivity contribution in [3.63, 3.8) is 0 Å². The Labute approximate surface area is 413 Å². The van der Waals surface area contributed by atoms with Gasteiger partial charge in [0.15, 0.2) is 0 Å². The van der Waals surface area contributed by atoms with Crippen LogP contribution in [-0.4, -0.2) is 31.0 Å². The van der Waals surface area contributed by atoms with Gasteiger partial charge in [0.25, 0.3) is 0 Å². The van der Waals surface area contributed by atoms with Crippen molar-refractivity contribution in [2.45, 2.75) is 192 Å². The Balaban J connectivity index is 0.000000119. The van der Waals surface area contributed by atoms with Crippen LogP contribution in [0, 0.1) is 11.8 Å². The maximum Gasteiger partial charge on any atom is 0.0828 e. The largest absolute Gasteiger partial charge is 0.373 e. The van der Waals surface area contributed by atoms with Crippen LogP contribution in [0.1, 0.15) is 224 Å². The molecule has 67 heavy (non-hydrogen) atoms. The number of allylic oxidation sites excluding steroid dienone is 2. The zero-order valence-electron chi connectivity index (χ0n) is 37.7. The van der Waals surface area contributed by atoms with Crippen molar-refractivity contribution in [2.24, 2.45) is 11.8 Å². The molecule has 362 valence electrons. The van der Waals surface area contributed by atoms with Gasteiger partial charge in [0.2, 0.25) is 0 Å². The van der Waals surface area contributed by atoms with E-state index in [0.717, 1.165) is 59.4 Å². The van der Waals surface area contributed by atoms with Crippen molar-refractivity contribution in [1.29, 1.82) is 0 Å². The number of fused-ring (bicyclic) bond motifs is 12. The summed E-state index contributed by atoms with van der Waals surface area (Å²) in [6, 6.07) is 37.8. The van der Waals surface area contributed by atoms with Gasteiger partial charge in [-0.1, -0.05) is 151 Å². The van der Waals surface area contributed by atoms with Crippen LogP contribution in [0.3, 0.4) is 0 Å². The lowest BCUT2D eigenvalue weighted by molar-refractivity contribution is -0.0142. The molecular weight excluding hydrogens is 833 g/mol. The Hall–Kier alpha value is -3.41. The first-order valence-corrected chi connectivity index (χ1v) is 26.7. The highest BCUT2D eigenvalue weighted by Crippen LogP contribution is 2.52.